The van der Waals surface area contributed by atoms with Crippen LogP contribution in [0.4, 0.5) is 5.82 Å². The van der Waals surface area contributed by atoms with Crippen LogP contribution in [0.2, 0.25) is 0 Å². The second-order valence-electron chi connectivity index (χ2n) is 6.67. The number of nitrogens with one attached hydrogen (secondary N) is 2. The molecule has 0 amide bonds. The molecule has 3 heterocycles. The van der Waals surface area contributed by atoms with Crippen molar-refractivity contribution in [1.82, 2.24) is 19.9 Å². The SMILES string of the molecule is Cn1ccnc(N2CCC(NCc3cccc4[nH]ccc34)CC2)c1=O. The van der Waals surface area contributed by atoms with E-state index in [1.807, 2.05) is 6.20 Å². The Hall–Kier alpha value is -2.60. The number of anilines is 1. The minimum absolute atomic E-state index is 0.0203. The maximum absolute atomic E-state index is 12.2. The third kappa shape index (κ3) is 3.17. The Balaban J connectivity index is 1.37. The summed E-state index contributed by atoms with van der Waals surface area (Å²) < 4.78 is 1.59. The van der Waals surface area contributed by atoms with Gasteiger partial charge in [0.05, 0.1) is 0 Å². The molecule has 0 atom stereocenters. The lowest BCUT2D eigenvalue weighted by Crippen LogP contribution is -2.44. The lowest BCUT2D eigenvalue weighted by Gasteiger charge is -2.33. The van der Waals surface area contributed by atoms with Crippen molar-refractivity contribution in [3.8, 4) is 0 Å². The number of aromatic amines is 1. The number of nitrogens with zero attached hydrogens (tertiary/aromatic N) is 3. The average molecular weight is 337 g/mol. The summed E-state index contributed by atoms with van der Waals surface area (Å²) in [6, 6.07) is 8.97. The van der Waals surface area contributed by atoms with E-state index in [0.717, 1.165) is 32.5 Å². The number of rotatable bonds is 4. The first kappa shape index (κ1) is 15.9. The summed E-state index contributed by atoms with van der Waals surface area (Å²) in [6.07, 6.45) is 7.41. The van der Waals surface area contributed by atoms with Crippen LogP contribution in [-0.2, 0) is 13.6 Å². The van der Waals surface area contributed by atoms with E-state index in [0.29, 0.717) is 11.9 Å². The van der Waals surface area contributed by atoms with E-state index in [1.54, 1.807) is 24.0 Å². The zero-order valence-electron chi connectivity index (χ0n) is 14.4. The first-order chi connectivity index (χ1) is 12.2. The number of benzene rings is 1. The van der Waals surface area contributed by atoms with Crippen molar-refractivity contribution in [2.45, 2.75) is 25.4 Å². The molecule has 0 unspecified atom stereocenters. The number of piperidine rings is 1. The van der Waals surface area contributed by atoms with E-state index in [-0.39, 0.29) is 5.56 Å². The molecule has 0 bridgehead atoms. The molecule has 6 heteroatoms. The summed E-state index contributed by atoms with van der Waals surface area (Å²) in [4.78, 5) is 21.8. The molecular formula is C19H23N5O. The van der Waals surface area contributed by atoms with Gasteiger partial charge in [0.1, 0.15) is 0 Å². The molecule has 1 aliphatic heterocycles. The Morgan fingerprint density at radius 3 is 2.96 bits per heavy atom. The van der Waals surface area contributed by atoms with Crippen molar-refractivity contribution in [1.29, 1.82) is 0 Å². The molecule has 1 aromatic carbocycles. The largest absolute Gasteiger partial charge is 0.361 e. The average Bonchev–Trinajstić information content (AvgIpc) is 3.12. The maximum atomic E-state index is 12.2. The normalized spacial score (nSPS) is 15.8. The Morgan fingerprint density at radius 2 is 2.12 bits per heavy atom. The van der Waals surface area contributed by atoms with Gasteiger partial charge >= 0.3 is 0 Å². The Labute approximate surface area is 146 Å². The number of fused-ring (bicyclic) bond motifs is 1. The van der Waals surface area contributed by atoms with Gasteiger partial charge in [-0.3, -0.25) is 4.79 Å². The fourth-order valence-electron chi connectivity index (χ4n) is 3.56. The maximum Gasteiger partial charge on any atom is 0.293 e. The van der Waals surface area contributed by atoms with Gasteiger partial charge in [-0.25, -0.2) is 4.98 Å². The lowest BCUT2D eigenvalue weighted by molar-refractivity contribution is 0.412. The van der Waals surface area contributed by atoms with Crippen molar-refractivity contribution in [3.63, 3.8) is 0 Å². The van der Waals surface area contributed by atoms with Crippen LogP contribution in [0.15, 0.2) is 47.7 Å². The smallest absolute Gasteiger partial charge is 0.293 e. The van der Waals surface area contributed by atoms with Crippen LogP contribution in [-0.4, -0.2) is 33.7 Å². The minimum Gasteiger partial charge on any atom is -0.361 e. The van der Waals surface area contributed by atoms with Gasteiger partial charge in [0.25, 0.3) is 5.56 Å². The van der Waals surface area contributed by atoms with Gasteiger partial charge in [-0.15, -0.1) is 0 Å². The van der Waals surface area contributed by atoms with E-state index in [1.165, 1.54) is 16.5 Å². The number of aromatic nitrogens is 3. The van der Waals surface area contributed by atoms with Gasteiger partial charge in [0, 0.05) is 62.2 Å². The van der Waals surface area contributed by atoms with Gasteiger partial charge in [-0.05, 0) is 30.5 Å². The van der Waals surface area contributed by atoms with Crippen LogP contribution in [0.3, 0.4) is 0 Å². The van der Waals surface area contributed by atoms with E-state index in [4.69, 9.17) is 0 Å². The zero-order chi connectivity index (χ0) is 17.2. The fourth-order valence-corrected chi connectivity index (χ4v) is 3.56. The van der Waals surface area contributed by atoms with Crippen molar-refractivity contribution in [2.75, 3.05) is 18.0 Å². The highest BCUT2D eigenvalue weighted by molar-refractivity contribution is 5.82. The molecule has 130 valence electrons. The highest BCUT2D eigenvalue weighted by Crippen LogP contribution is 2.19. The topological polar surface area (TPSA) is 66.0 Å². The van der Waals surface area contributed by atoms with Crippen LogP contribution in [0.1, 0.15) is 18.4 Å². The molecular weight excluding hydrogens is 314 g/mol. The Kier molecular flexibility index (Phi) is 4.28. The van der Waals surface area contributed by atoms with Crippen molar-refractivity contribution in [3.05, 3.63) is 58.8 Å². The van der Waals surface area contributed by atoms with Crippen LogP contribution in [0.25, 0.3) is 10.9 Å². The molecule has 0 saturated carbocycles. The summed E-state index contributed by atoms with van der Waals surface area (Å²) in [6.45, 7) is 2.59. The standard InChI is InChI=1S/C19H23N5O/c1-23-12-9-21-18(19(23)25)24-10-6-15(7-11-24)22-13-14-3-2-4-17-16(14)5-8-20-17/h2-5,8-9,12,15,20,22H,6-7,10-11,13H2,1H3. The molecule has 25 heavy (non-hydrogen) atoms. The summed E-state index contributed by atoms with van der Waals surface area (Å²) in [7, 11) is 1.77. The predicted octanol–water partition coefficient (Wildman–Crippen LogP) is 2.02. The highest BCUT2D eigenvalue weighted by Gasteiger charge is 2.22. The second kappa shape index (κ2) is 6.72. The molecule has 2 aromatic heterocycles. The predicted molar refractivity (Wildman–Crippen MR) is 99.9 cm³/mol. The van der Waals surface area contributed by atoms with E-state index in [2.05, 4.69) is 44.5 Å². The molecule has 0 spiro atoms. The molecule has 0 aliphatic carbocycles. The molecule has 3 aromatic rings. The summed E-state index contributed by atoms with van der Waals surface area (Å²) in [5.74, 6) is 0.570. The molecule has 1 saturated heterocycles. The van der Waals surface area contributed by atoms with Crippen LogP contribution < -0.4 is 15.8 Å². The third-order valence-electron chi connectivity index (χ3n) is 5.06. The van der Waals surface area contributed by atoms with Crippen LogP contribution in [0.5, 0.6) is 0 Å². The molecule has 2 N–H and O–H groups in total. The first-order valence-corrected chi connectivity index (χ1v) is 8.77. The molecule has 0 radical (unpaired) electrons. The number of hydrogen-bond donors (Lipinski definition) is 2. The highest BCUT2D eigenvalue weighted by atomic mass is 16.1. The van der Waals surface area contributed by atoms with Crippen molar-refractivity contribution in [2.24, 2.45) is 7.05 Å². The van der Waals surface area contributed by atoms with Crippen LogP contribution >= 0.6 is 0 Å². The number of aryl methyl sites for hydroxylation is 1. The summed E-state index contributed by atoms with van der Waals surface area (Å²) >= 11 is 0. The lowest BCUT2D eigenvalue weighted by atomic mass is 10.0. The van der Waals surface area contributed by atoms with Crippen LogP contribution in [0, 0.1) is 0 Å². The van der Waals surface area contributed by atoms with E-state index >= 15 is 0 Å². The molecule has 4 rings (SSSR count). The number of H-pyrrole nitrogens is 1. The molecule has 6 nitrogen and oxygen atoms in total. The van der Waals surface area contributed by atoms with E-state index in [9.17, 15) is 4.79 Å². The fraction of sp³-hybridized carbons (Fsp3) is 0.368. The van der Waals surface area contributed by atoms with E-state index < -0.39 is 0 Å². The monoisotopic (exact) mass is 337 g/mol. The Bertz CT molecular complexity index is 921. The van der Waals surface area contributed by atoms with Gasteiger partial charge in [0.15, 0.2) is 5.82 Å². The Morgan fingerprint density at radius 1 is 1.28 bits per heavy atom. The van der Waals surface area contributed by atoms with Crippen molar-refractivity contribution >= 4 is 16.7 Å². The van der Waals surface area contributed by atoms with Gasteiger partial charge in [-0.2, -0.15) is 0 Å². The van der Waals surface area contributed by atoms with Gasteiger partial charge < -0.3 is 19.8 Å². The third-order valence-corrected chi connectivity index (χ3v) is 5.06. The van der Waals surface area contributed by atoms with Gasteiger partial charge in [-0.1, -0.05) is 12.1 Å². The summed E-state index contributed by atoms with van der Waals surface area (Å²) in [5.41, 5.74) is 2.48. The van der Waals surface area contributed by atoms with Crippen molar-refractivity contribution < 1.29 is 0 Å². The van der Waals surface area contributed by atoms with Gasteiger partial charge in [0.2, 0.25) is 0 Å². The molecule has 1 aliphatic rings. The zero-order valence-corrected chi connectivity index (χ0v) is 14.4. The number of hydrogen-bond acceptors (Lipinski definition) is 4. The molecule has 1 fully saturated rings. The summed E-state index contributed by atoms with van der Waals surface area (Å²) in [5, 5.41) is 4.96. The first-order valence-electron chi connectivity index (χ1n) is 8.77. The quantitative estimate of drug-likeness (QED) is 0.764. The minimum atomic E-state index is -0.0203. The second-order valence-corrected chi connectivity index (χ2v) is 6.67.